The molecule has 6 heteroatoms. The van der Waals surface area contributed by atoms with Crippen LogP contribution in [-0.2, 0) is 0 Å². The van der Waals surface area contributed by atoms with Crippen LogP contribution in [-0.4, -0.2) is 20.7 Å². The Kier molecular flexibility index (Phi) is 5.38. The minimum absolute atomic E-state index is 0.0402. The number of carbonyl (C=O) groups is 1. The molecular formula is C25H23FN4O. The Hall–Kier alpha value is -3.80. The number of aromatic nitrogens is 3. The summed E-state index contributed by atoms with van der Waals surface area (Å²) < 4.78 is 15.1. The molecule has 5 nitrogen and oxygen atoms in total. The van der Waals surface area contributed by atoms with Gasteiger partial charge in [0.1, 0.15) is 5.82 Å². The summed E-state index contributed by atoms with van der Waals surface area (Å²) in [4.78, 5) is 17.4. The molecule has 1 aromatic heterocycles. The van der Waals surface area contributed by atoms with Crippen molar-refractivity contribution in [2.24, 2.45) is 0 Å². The van der Waals surface area contributed by atoms with Gasteiger partial charge in [-0.25, -0.2) is 14.1 Å². The fraction of sp³-hybridized carbons (Fsp3) is 0.160. The van der Waals surface area contributed by atoms with Crippen LogP contribution in [0.25, 0.3) is 17.1 Å². The van der Waals surface area contributed by atoms with Crippen molar-refractivity contribution in [3.63, 3.8) is 0 Å². The summed E-state index contributed by atoms with van der Waals surface area (Å²) in [5.74, 6) is -0.234. The number of rotatable bonds is 4. The summed E-state index contributed by atoms with van der Waals surface area (Å²) >= 11 is 0. The van der Waals surface area contributed by atoms with Crippen molar-refractivity contribution in [2.45, 2.75) is 27.7 Å². The van der Waals surface area contributed by atoms with E-state index in [1.54, 1.807) is 16.8 Å². The summed E-state index contributed by atoms with van der Waals surface area (Å²) in [6, 6.07) is 17.7. The molecule has 0 saturated heterocycles. The summed E-state index contributed by atoms with van der Waals surface area (Å²) in [7, 11) is 0. The molecule has 156 valence electrons. The molecule has 1 N–H and O–H groups in total. The van der Waals surface area contributed by atoms with Gasteiger partial charge in [0.25, 0.3) is 5.91 Å². The Morgan fingerprint density at radius 2 is 1.58 bits per heavy atom. The van der Waals surface area contributed by atoms with Gasteiger partial charge in [-0.2, -0.15) is 0 Å². The molecule has 0 aliphatic carbocycles. The number of nitrogens with one attached hydrogen (secondary N) is 1. The van der Waals surface area contributed by atoms with Crippen molar-refractivity contribution < 1.29 is 9.18 Å². The van der Waals surface area contributed by atoms with Crippen LogP contribution in [0.15, 0.2) is 60.7 Å². The fourth-order valence-electron chi connectivity index (χ4n) is 3.32. The first-order chi connectivity index (χ1) is 14.8. The molecule has 0 aliphatic rings. The molecule has 0 unspecified atom stereocenters. The average molecular weight is 414 g/mol. The zero-order chi connectivity index (χ0) is 22.1. The number of anilines is 1. The van der Waals surface area contributed by atoms with Gasteiger partial charge in [0, 0.05) is 11.3 Å². The Morgan fingerprint density at radius 3 is 2.29 bits per heavy atom. The molecule has 31 heavy (non-hydrogen) atoms. The smallest absolute Gasteiger partial charge is 0.295 e. The highest BCUT2D eigenvalue weighted by Gasteiger charge is 2.20. The van der Waals surface area contributed by atoms with Gasteiger partial charge in [-0.1, -0.05) is 18.2 Å². The third kappa shape index (κ3) is 4.23. The van der Waals surface area contributed by atoms with E-state index in [4.69, 9.17) is 0 Å². The number of benzene rings is 3. The predicted octanol–water partition coefficient (Wildman–Crippen LogP) is 5.56. The number of halogens is 1. The van der Waals surface area contributed by atoms with E-state index in [1.165, 1.54) is 12.1 Å². The number of carbonyl (C=O) groups excluding carboxylic acids is 1. The number of aryl methyl sites for hydroxylation is 4. The molecule has 4 rings (SSSR count). The second-order valence-electron chi connectivity index (χ2n) is 7.72. The molecule has 4 aromatic rings. The number of amides is 1. The van der Waals surface area contributed by atoms with E-state index >= 15 is 0 Å². The lowest BCUT2D eigenvalue weighted by molar-refractivity contribution is 0.101. The van der Waals surface area contributed by atoms with Crippen LogP contribution in [0.2, 0.25) is 0 Å². The van der Waals surface area contributed by atoms with Crippen LogP contribution < -0.4 is 5.32 Å². The first kappa shape index (κ1) is 20.5. The first-order valence-electron chi connectivity index (χ1n) is 10.0. The van der Waals surface area contributed by atoms with Gasteiger partial charge in [-0.3, -0.25) is 4.79 Å². The maximum atomic E-state index is 13.5. The maximum Gasteiger partial charge on any atom is 0.295 e. The van der Waals surface area contributed by atoms with Crippen LogP contribution in [0.1, 0.15) is 32.9 Å². The van der Waals surface area contributed by atoms with Crippen molar-refractivity contribution >= 4 is 11.6 Å². The van der Waals surface area contributed by atoms with Crippen molar-refractivity contribution in [3.05, 3.63) is 94.6 Å². The lowest BCUT2D eigenvalue weighted by Crippen LogP contribution is -2.14. The molecule has 1 amide bonds. The molecule has 0 bridgehead atoms. The van der Waals surface area contributed by atoms with Crippen molar-refractivity contribution in [1.29, 1.82) is 0 Å². The zero-order valence-corrected chi connectivity index (χ0v) is 17.9. The third-order valence-corrected chi connectivity index (χ3v) is 5.27. The van der Waals surface area contributed by atoms with E-state index in [1.807, 2.05) is 64.1 Å². The maximum absolute atomic E-state index is 13.5. The van der Waals surface area contributed by atoms with E-state index in [0.717, 1.165) is 27.9 Å². The van der Waals surface area contributed by atoms with E-state index in [0.29, 0.717) is 17.1 Å². The van der Waals surface area contributed by atoms with Crippen LogP contribution >= 0.6 is 0 Å². The Balaban J connectivity index is 1.78. The van der Waals surface area contributed by atoms with Crippen LogP contribution in [0.5, 0.6) is 0 Å². The number of nitrogens with zero attached hydrogens (tertiary/aromatic N) is 3. The highest BCUT2D eigenvalue weighted by Crippen LogP contribution is 2.25. The van der Waals surface area contributed by atoms with Gasteiger partial charge in [0.05, 0.1) is 5.69 Å². The third-order valence-electron chi connectivity index (χ3n) is 5.27. The molecule has 0 radical (unpaired) electrons. The van der Waals surface area contributed by atoms with Crippen LogP contribution in [0, 0.1) is 33.5 Å². The standard InChI is InChI=1S/C25H23FN4O/c1-15-5-6-17(3)22(13-15)30-24(19-8-10-20(26)11-9-19)28-23(29-30)25(31)27-21-12-7-16(2)18(4)14-21/h5-14H,1-4H3,(H,27,31). The van der Waals surface area contributed by atoms with Gasteiger partial charge >= 0.3 is 0 Å². The van der Waals surface area contributed by atoms with Crippen molar-refractivity contribution in [1.82, 2.24) is 14.8 Å². The molecule has 0 atom stereocenters. The highest BCUT2D eigenvalue weighted by molar-refractivity contribution is 6.01. The van der Waals surface area contributed by atoms with Gasteiger partial charge in [0.15, 0.2) is 5.82 Å². The zero-order valence-electron chi connectivity index (χ0n) is 17.9. The quantitative estimate of drug-likeness (QED) is 0.476. The minimum Gasteiger partial charge on any atom is -0.319 e. The average Bonchev–Trinajstić information content (AvgIpc) is 3.18. The number of hydrogen-bond acceptors (Lipinski definition) is 3. The lowest BCUT2D eigenvalue weighted by Gasteiger charge is -2.10. The monoisotopic (exact) mass is 414 g/mol. The summed E-state index contributed by atoms with van der Waals surface area (Å²) in [6.07, 6.45) is 0. The second kappa shape index (κ2) is 8.14. The molecule has 0 fully saturated rings. The van der Waals surface area contributed by atoms with Gasteiger partial charge < -0.3 is 5.32 Å². The molecule has 1 heterocycles. The van der Waals surface area contributed by atoms with Gasteiger partial charge in [0.2, 0.25) is 5.82 Å². The second-order valence-corrected chi connectivity index (χ2v) is 7.72. The topological polar surface area (TPSA) is 59.8 Å². The molecular weight excluding hydrogens is 391 g/mol. The largest absolute Gasteiger partial charge is 0.319 e. The Bertz CT molecular complexity index is 1280. The van der Waals surface area contributed by atoms with E-state index in [9.17, 15) is 9.18 Å². The van der Waals surface area contributed by atoms with Gasteiger partial charge in [-0.05, 0) is 92.4 Å². The van der Waals surface area contributed by atoms with E-state index in [2.05, 4.69) is 15.4 Å². The highest BCUT2D eigenvalue weighted by atomic mass is 19.1. The minimum atomic E-state index is -0.407. The lowest BCUT2D eigenvalue weighted by atomic mass is 10.1. The number of hydrogen-bond donors (Lipinski definition) is 1. The Morgan fingerprint density at radius 1 is 0.871 bits per heavy atom. The molecule has 0 saturated carbocycles. The van der Waals surface area contributed by atoms with Crippen LogP contribution in [0.3, 0.4) is 0 Å². The fourth-order valence-corrected chi connectivity index (χ4v) is 3.32. The summed E-state index contributed by atoms with van der Waals surface area (Å²) in [5, 5.41) is 7.38. The molecule has 3 aromatic carbocycles. The van der Waals surface area contributed by atoms with Crippen LogP contribution in [0.4, 0.5) is 10.1 Å². The summed E-state index contributed by atoms with van der Waals surface area (Å²) in [6.45, 7) is 7.97. The normalized spacial score (nSPS) is 10.9. The SMILES string of the molecule is Cc1ccc(C)c(-n2nc(C(=O)Nc3ccc(C)c(C)c3)nc2-c2ccc(F)cc2)c1. The van der Waals surface area contributed by atoms with Crippen molar-refractivity contribution in [3.8, 4) is 17.1 Å². The summed E-state index contributed by atoms with van der Waals surface area (Å²) in [5.41, 5.74) is 6.44. The molecule has 0 aliphatic heterocycles. The van der Waals surface area contributed by atoms with E-state index < -0.39 is 5.91 Å². The van der Waals surface area contributed by atoms with E-state index in [-0.39, 0.29) is 11.6 Å². The van der Waals surface area contributed by atoms with Gasteiger partial charge in [-0.15, -0.1) is 5.10 Å². The predicted molar refractivity (Wildman–Crippen MR) is 120 cm³/mol. The molecule has 0 spiro atoms. The first-order valence-corrected chi connectivity index (χ1v) is 10.0. The Labute approximate surface area is 180 Å². The van der Waals surface area contributed by atoms with Crippen molar-refractivity contribution in [2.75, 3.05) is 5.32 Å².